The van der Waals surface area contributed by atoms with Crippen molar-refractivity contribution in [3.8, 4) is 40.1 Å². The molecule has 0 amide bonds. The minimum atomic E-state index is -2.07. The molecule has 3 saturated heterocycles. The van der Waals surface area contributed by atoms with Crippen LogP contribution in [0.1, 0.15) is 20.8 Å². The number of ether oxygens (including phenoxy) is 9. The quantitative estimate of drug-likeness (QED) is 0.0964. The average Bonchev–Trinajstić information content (AvgIpc) is 3.17. The van der Waals surface area contributed by atoms with E-state index in [0.717, 1.165) is 26.0 Å². The Hall–Kier alpha value is -4.85. The van der Waals surface area contributed by atoms with Crippen molar-refractivity contribution in [3.05, 3.63) is 40.6 Å². The molecule has 4 heterocycles. The summed E-state index contributed by atoms with van der Waals surface area (Å²) in [5.74, 6) is -4.44. The molecule has 1 aromatic heterocycles. The zero-order valence-corrected chi connectivity index (χ0v) is 31.7. The number of hydrogen-bond donors (Lipinski definition) is 9. The summed E-state index contributed by atoms with van der Waals surface area (Å²) in [7, 11) is 1.25. The lowest BCUT2D eigenvalue weighted by atomic mass is 9.97. The third kappa shape index (κ3) is 9.02. The van der Waals surface area contributed by atoms with Crippen LogP contribution in [-0.2, 0) is 42.7 Å². The normalized spacial score (nSPS) is 33.6. The zero-order valence-electron chi connectivity index (χ0n) is 31.7. The van der Waals surface area contributed by atoms with Crippen LogP contribution in [0.3, 0.4) is 0 Å². The summed E-state index contributed by atoms with van der Waals surface area (Å²) in [5, 5.41) is 95.7. The molecule has 22 nitrogen and oxygen atoms in total. The molecular formula is C37H44O22. The van der Waals surface area contributed by atoms with Crippen LogP contribution >= 0.6 is 0 Å². The maximum atomic E-state index is 14.3. The lowest BCUT2D eigenvalue weighted by Gasteiger charge is -2.46. The van der Waals surface area contributed by atoms with Crippen molar-refractivity contribution < 1.29 is 103 Å². The van der Waals surface area contributed by atoms with Gasteiger partial charge < -0.3 is 93.0 Å². The van der Waals surface area contributed by atoms with Gasteiger partial charge in [-0.1, -0.05) is 0 Å². The molecule has 324 valence electrons. The molecule has 3 aromatic rings. The van der Waals surface area contributed by atoms with Crippen LogP contribution in [0.2, 0.25) is 0 Å². The largest absolute Gasteiger partial charge is 0.508 e. The molecule has 6 rings (SSSR count). The summed E-state index contributed by atoms with van der Waals surface area (Å²) >= 11 is 0. The minimum Gasteiger partial charge on any atom is -0.508 e. The number of hydrogen-bond acceptors (Lipinski definition) is 22. The van der Waals surface area contributed by atoms with Crippen LogP contribution in [0, 0.1) is 0 Å². The van der Waals surface area contributed by atoms with Gasteiger partial charge in [0.2, 0.25) is 17.5 Å². The van der Waals surface area contributed by atoms with Gasteiger partial charge in [-0.15, -0.1) is 0 Å². The molecular weight excluding hydrogens is 796 g/mol. The van der Waals surface area contributed by atoms with E-state index in [1.54, 1.807) is 0 Å². The minimum absolute atomic E-state index is 0.0256. The summed E-state index contributed by atoms with van der Waals surface area (Å²) in [6.45, 7) is 2.26. The molecule has 0 saturated carbocycles. The third-order valence-corrected chi connectivity index (χ3v) is 9.77. The van der Waals surface area contributed by atoms with Gasteiger partial charge in [0.15, 0.2) is 48.2 Å². The topological polar surface area (TPSA) is 329 Å². The molecule has 0 spiro atoms. The highest BCUT2D eigenvalue weighted by molar-refractivity contribution is 5.88. The van der Waals surface area contributed by atoms with Crippen molar-refractivity contribution >= 4 is 22.9 Å². The van der Waals surface area contributed by atoms with Crippen molar-refractivity contribution in [2.75, 3.05) is 20.3 Å². The second-order valence-electron chi connectivity index (χ2n) is 14.0. The Balaban J connectivity index is 1.40. The fraction of sp³-hybridized carbons (Fsp3) is 0.541. The first kappa shape index (κ1) is 43.7. The number of phenols is 3. The summed E-state index contributed by atoms with van der Waals surface area (Å²) in [4.78, 5) is 38.1. The number of aliphatic hydroxyl groups excluding tert-OH is 6. The number of carbonyl (C=O) groups is 2. The van der Waals surface area contributed by atoms with Crippen LogP contribution < -0.4 is 14.9 Å². The number of aromatic hydroxyl groups is 3. The Labute approximate surface area is 333 Å². The average molecular weight is 841 g/mol. The van der Waals surface area contributed by atoms with Gasteiger partial charge in [0.25, 0.3) is 0 Å². The van der Waals surface area contributed by atoms with Crippen molar-refractivity contribution in [3.63, 3.8) is 0 Å². The van der Waals surface area contributed by atoms with Crippen molar-refractivity contribution in [2.45, 2.75) is 107 Å². The molecule has 0 bridgehead atoms. The first-order chi connectivity index (χ1) is 27.9. The van der Waals surface area contributed by atoms with Gasteiger partial charge in [0.05, 0.1) is 26.4 Å². The molecule has 3 aliphatic rings. The van der Waals surface area contributed by atoms with Crippen molar-refractivity contribution in [1.82, 2.24) is 0 Å². The van der Waals surface area contributed by atoms with E-state index in [-0.39, 0.29) is 22.6 Å². The monoisotopic (exact) mass is 840 g/mol. The van der Waals surface area contributed by atoms with Crippen LogP contribution in [0.25, 0.3) is 22.3 Å². The number of fused-ring (bicyclic) bond motifs is 1. The van der Waals surface area contributed by atoms with E-state index in [4.69, 9.17) is 47.0 Å². The Morgan fingerprint density at radius 3 is 2.15 bits per heavy atom. The standard InChI is InChI=1S/C37H44O22/c1-12-24(44)27(47)29(49)35(53-12)59-33-28(48)25(45)22(11-52-36-34(55-14(3)39)31(54-13(2)38)19(43)10-51-36)57-37(33)58-32-26(46)23-18(42)8-16(40)9-21(23)56-30(32)15-5-6-17(41)20(7-15)50-4/h5-9,12,19,22,24-25,27-29,31,33-37,40-45,47-49H,10-11H2,1-4H3/t12-,19-,22+,24-,25+,27+,28-,29+,31-,33+,34+,35-,36-,37-/m0/s1. The number of carbonyl (C=O) groups excluding carboxylic acids is 2. The van der Waals surface area contributed by atoms with E-state index < -0.39 is 145 Å². The molecule has 59 heavy (non-hydrogen) atoms. The van der Waals surface area contributed by atoms with Crippen LogP contribution in [0.15, 0.2) is 39.5 Å². The van der Waals surface area contributed by atoms with Crippen LogP contribution in [-0.4, -0.2) is 164 Å². The third-order valence-electron chi connectivity index (χ3n) is 9.77. The van der Waals surface area contributed by atoms with Gasteiger partial charge in [-0.25, -0.2) is 0 Å². The highest BCUT2D eigenvalue weighted by Gasteiger charge is 2.52. The first-order valence-electron chi connectivity index (χ1n) is 18.1. The second-order valence-corrected chi connectivity index (χ2v) is 14.0. The molecule has 9 N–H and O–H groups in total. The lowest BCUT2D eigenvalue weighted by Crippen LogP contribution is -2.65. The summed E-state index contributed by atoms with van der Waals surface area (Å²) < 4.78 is 56.5. The number of phenolic OH excluding ortho intramolecular Hbond substituents is 3. The number of rotatable bonds is 11. The smallest absolute Gasteiger partial charge is 0.303 e. The Kier molecular flexibility index (Phi) is 13.2. The highest BCUT2D eigenvalue weighted by atomic mass is 16.8. The Bertz CT molecular complexity index is 2050. The predicted molar refractivity (Wildman–Crippen MR) is 191 cm³/mol. The molecule has 14 atom stereocenters. The molecule has 0 aliphatic carbocycles. The predicted octanol–water partition coefficient (Wildman–Crippen LogP) is -1.78. The Morgan fingerprint density at radius 2 is 1.47 bits per heavy atom. The molecule has 3 aliphatic heterocycles. The summed E-state index contributed by atoms with van der Waals surface area (Å²) in [6.07, 6.45) is -23.9. The zero-order chi connectivity index (χ0) is 43.0. The van der Waals surface area contributed by atoms with E-state index >= 15 is 0 Å². The number of aliphatic hydroxyl groups is 6. The highest BCUT2D eigenvalue weighted by Crippen LogP contribution is 2.40. The van der Waals surface area contributed by atoms with Crippen molar-refractivity contribution in [1.29, 1.82) is 0 Å². The van der Waals surface area contributed by atoms with E-state index in [1.165, 1.54) is 32.2 Å². The lowest BCUT2D eigenvalue weighted by molar-refractivity contribution is -0.358. The van der Waals surface area contributed by atoms with E-state index in [1.807, 2.05) is 0 Å². The molecule has 2 aromatic carbocycles. The van der Waals surface area contributed by atoms with Gasteiger partial charge in [-0.2, -0.15) is 0 Å². The van der Waals surface area contributed by atoms with Crippen molar-refractivity contribution in [2.24, 2.45) is 0 Å². The number of methoxy groups -OCH3 is 1. The number of esters is 2. The summed E-state index contributed by atoms with van der Waals surface area (Å²) in [6, 6.07) is 5.63. The molecule has 3 fully saturated rings. The number of benzene rings is 2. The fourth-order valence-electron chi connectivity index (χ4n) is 6.80. The van der Waals surface area contributed by atoms with Gasteiger partial charge in [0, 0.05) is 31.5 Å². The molecule has 0 unspecified atom stereocenters. The maximum Gasteiger partial charge on any atom is 0.303 e. The molecule has 0 radical (unpaired) electrons. The second kappa shape index (κ2) is 17.8. The SMILES string of the molecule is COc1cc(-c2oc3cc(O)cc(O)c3c(=O)c2O[C@@H]2O[C@H](CO[C@@H]3OC[C@H](O)[C@H](OC(C)=O)[C@H]3OC(C)=O)[C@@H](O)[C@H](O)[C@H]2O[C@@H]2O[C@@H](C)[C@H](O)[C@@H](O)[C@H]2O)ccc1O. The Morgan fingerprint density at radius 1 is 0.780 bits per heavy atom. The fourth-order valence-corrected chi connectivity index (χ4v) is 6.80. The van der Waals surface area contributed by atoms with E-state index in [9.17, 15) is 60.3 Å². The van der Waals surface area contributed by atoms with Gasteiger partial charge in [0.1, 0.15) is 65.2 Å². The molecule has 22 heteroatoms. The summed E-state index contributed by atoms with van der Waals surface area (Å²) in [5.41, 5.74) is -1.37. The van der Waals surface area contributed by atoms with Gasteiger partial charge in [-0.05, 0) is 25.1 Å². The van der Waals surface area contributed by atoms with E-state index in [2.05, 4.69) is 0 Å². The van der Waals surface area contributed by atoms with Gasteiger partial charge >= 0.3 is 11.9 Å². The van der Waals surface area contributed by atoms with Crippen LogP contribution in [0.4, 0.5) is 0 Å². The maximum absolute atomic E-state index is 14.3. The first-order valence-corrected chi connectivity index (χ1v) is 18.1. The van der Waals surface area contributed by atoms with Crippen LogP contribution in [0.5, 0.6) is 28.7 Å². The van der Waals surface area contributed by atoms with E-state index in [0.29, 0.717) is 0 Å². The van der Waals surface area contributed by atoms with Gasteiger partial charge in [-0.3, -0.25) is 14.4 Å².